The third kappa shape index (κ3) is 4.97. The lowest BCUT2D eigenvalue weighted by molar-refractivity contribution is -0.138. The lowest BCUT2D eigenvalue weighted by atomic mass is 9.99. The molecule has 0 aliphatic carbocycles. The summed E-state index contributed by atoms with van der Waals surface area (Å²) in [5.41, 5.74) is 0.693. The highest BCUT2D eigenvalue weighted by molar-refractivity contribution is 7.99. The van der Waals surface area contributed by atoms with Gasteiger partial charge in [0.15, 0.2) is 0 Å². The van der Waals surface area contributed by atoms with Crippen LogP contribution in [0.25, 0.3) is 0 Å². The molecule has 1 aromatic carbocycles. The van der Waals surface area contributed by atoms with Crippen LogP contribution >= 0.6 is 11.8 Å². The highest BCUT2D eigenvalue weighted by atomic mass is 32.2. The summed E-state index contributed by atoms with van der Waals surface area (Å²) in [6, 6.07) is 8.85. The molecule has 2 atom stereocenters. The van der Waals surface area contributed by atoms with Gasteiger partial charge in [-0.1, -0.05) is 30.3 Å². The summed E-state index contributed by atoms with van der Waals surface area (Å²) < 4.78 is 0. The number of hydrogen-bond acceptors (Lipinski definition) is 3. The number of carbonyl (C=O) groups is 2. The molecular weight excluding hydrogens is 288 g/mol. The van der Waals surface area contributed by atoms with Crippen LogP contribution in [-0.2, 0) is 4.79 Å². The van der Waals surface area contributed by atoms with E-state index >= 15 is 0 Å². The number of benzene rings is 1. The number of thioether (sulfide) groups is 1. The molecule has 21 heavy (non-hydrogen) atoms. The van der Waals surface area contributed by atoms with Crippen molar-refractivity contribution in [3.8, 4) is 0 Å². The number of carboxylic acids is 1. The van der Waals surface area contributed by atoms with Gasteiger partial charge in [0.2, 0.25) is 0 Å². The van der Waals surface area contributed by atoms with Crippen molar-refractivity contribution in [2.45, 2.75) is 24.8 Å². The van der Waals surface area contributed by atoms with E-state index in [0.717, 1.165) is 24.3 Å². The van der Waals surface area contributed by atoms with Gasteiger partial charge in [-0.05, 0) is 24.2 Å². The first-order valence-electron chi connectivity index (χ1n) is 7.06. The second kappa shape index (κ2) is 7.93. The van der Waals surface area contributed by atoms with Crippen LogP contribution < -0.4 is 10.6 Å². The van der Waals surface area contributed by atoms with Gasteiger partial charge in [-0.2, -0.15) is 11.8 Å². The summed E-state index contributed by atoms with van der Waals surface area (Å²) in [7, 11) is 0. The standard InChI is InChI=1S/C15H20N2O3S/c18-14(19)13(11-5-2-1-3-6-11)9-16-15(20)17-12-7-4-8-21-10-12/h1-3,5-6,12-13H,4,7-10H2,(H,18,19)(H2,16,17,20). The summed E-state index contributed by atoms with van der Waals surface area (Å²) in [4.78, 5) is 23.2. The molecule has 1 fully saturated rings. The summed E-state index contributed by atoms with van der Waals surface area (Å²) in [6.07, 6.45) is 2.10. The molecule has 2 unspecified atom stereocenters. The molecule has 1 aromatic rings. The molecule has 114 valence electrons. The van der Waals surface area contributed by atoms with Gasteiger partial charge in [-0.25, -0.2) is 4.79 Å². The highest BCUT2D eigenvalue weighted by Crippen LogP contribution is 2.17. The van der Waals surface area contributed by atoms with E-state index in [1.54, 1.807) is 24.3 Å². The average Bonchev–Trinajstić information content (AvgIpc) is 2.49. The predicted molar refractivity (Wildman–Crippen MR) is 83.7 cm³/mol. The fraction of sp³-hybridized carbons (Fsp3) is 0.467. The van der Waals surface area contributed by atoms with Crippen molar-refractivity contribution in [2.75, 3.05) is 18.1 Å². The van der Waals surface area contributed by atoms with Crippen LogP contribution in [0.5, 0.6) is 0 Å². The molecule has 1 aliphatic rings. The smallest absolute Gasteiger partial charge is 0.315 e. The first kappa shape index (κ1) is 15.7. The number of aliphatic carboxylic acids is 1. The van der Waals surface area contributed by atoms with Gasteiger partial charge < -0.3 is 15.7 Å². The Morgan fingerprint density at radius 1 is 1.33 bits per heavy atom. The maximum absolute atomic E-state index is 11.8. The zero-order chi connectivity index (χ0) is 15.1. The highest BCUT2D eigenvalue weighted by Gasteiger charge is 2.21. The second-order valence-electron chi connectivity index (χ2n) is 5.07. The molecule has 0 radical (unpaired) electrons. The molecule has 1 saturated heterocycles. The Hall–Kier alpha value is -1.69. The zero-order valence-corrected chi connectivity index (χ0v) is 12.6. The quantitative estimate of drug-likeness (QED) is 0.778. The lowest BCUT2D eigenvalue weighted by Gasteiger charge is -2.23. The number of carboxylic acid groups (broad SMARTS) is 1. The maximum atomic E-state index is 11.8. The van der Waals surface area contributed by atoms with Crippen LogP contribution in [0.1, 0.15) is 24.3 Å². The van der Waals surface area contributed by atoms with Crippen LogP contribution in [0.15, 0.2) is 30.3 Å². The van der Waals surface area contributed by atoms with Crippen LogP contribution in [0.3, 0.4) is 0 Å². The lowest BCUT2D eigenvalue weighted by Crippen LogP contribution is -2.45. The topological polar surface area (TPSA) is 78.4 Å². The van der Waals surface area contributed by atoms with E-state index in [4.69, 9.17) is 0 Å². The van der Waals surface area contributed by atoms with Crippen molar-refractivity contribution in [1.29, 1.82) is 0 Å². The van der Waals surface area contributed by atoms with Crippen LogP contribution in [0, 0.1) is 0 Å². The average molecular weight is 308 g/mol. The van der Waals surface area contributed by atoms with Crippen LogP contribution in [-0.4, -0.2) is 41.2 Å². The minimum Gasteiger partial charge on any atom is -0.481 e. The van der Waals surface area contributed by atoms with Crippen molar-refractivity contribution in [3.05, 3.63) is 35.9 Å². The fourth-order valence-electron chi connectivity index (χ4n) is 2.32. The molecule has 5 nitrogen and oxygen atoms in total. The van der Waals surface area contributed by atoms with E-state index in [2.05, 4.69) is 10.6 Å². The largest absolute Gasteiger partial charge is 0.481 e. The van der Waals surface area contributed by atoms with Gasteiger partial charge in [0.05, 0.1) is 5.92 Å². The minimum absolute atomic E-state index is 0.0883. The third-order valence-corrected chi connectivity index (χ3v) is 4.68. The van der Waals surface area contributed by atoms with E-state index in [1.807, 2.05) is 17.8 Å². The van der Waals surface area contributed by atoms with Crippen molar-refractivity contribution in [3.63, 3.8) is 0 Å². The van der Waals surface area contributed by atoms with Crippen molar-refractivity contribution >= 4 is 23.8 Å². The van der Waals surface area contributed by atoms with Gasteiger partial charge >= 0.3 is 12.0 Å². The maximum Gasteiger partial charge on any atom is 0.315 e. The van der Waals surface area contributed by atoms with E-state index in [1.165, 1.54) is 0 Å². The SMILES string of the molecule is O=C(NCC(C(=O)O)c1ccccc1)NC1CCCSC1. The normalized spacial score (nSPS) is 19.5. The molecule has 6 heteroatoms. The molecule has 1 heterocycles. The van der Waals surface area contributed by atoms with Gasteiger partial charge in [-0.3, -0.25) is 4.79 Å². The Morgan fingerprint density at radius 2 is 2.10 bits per heavy atom. The summed E-state index contributed by atoms with van der Waals surface area (Å²) in [6.45, 7) is 0.0883. The number of amides is 2. The number of carbonyl (C=O) groups excluding carboxylic acids is 1. The van der Waals surface area contributed by atoms with E-state index in [-0.39, 0.29) is 18.6 Å². The van der Waals surface area contributed by atoms with Gasteiger partial charge in [0.25, 0.3) is 0 Å². The molecule has 3 N–H and O–H groups in total. The van der Waals surface area contributed by atoms with Gasteiger partial charge in [0.1, 0.15) is 0 Å². The zero-order valence-electron chi connectivity index (χ0n) is 11.7. The Bertz CT molecular complexity index is 475. The third-order valence-electron chi connectivity index (χ3n) is 3.46. The summed E-state index contributed by atoms with van der Waals surface area (Å²) in [5.74, 6) is 0.413. The van der Waals surface area contributed by atoms with Crippen molar-refractivity contribution in [2.24, 2.45) is 0 Å². The molecule has 2 rings (SSSR count). The van der Waals surface area contributed by atoms with Crippen molar-refractivity contribution in [1.82, 2.24) is 10.6 Å². The molecular formula is C15H20N2O3S. The van der Waals surface area contributed by atoms with E-state index in [9.17, 15) is 14.7 Å². The van der Waals surface area contributed by atoms with E-state index < -0.39 is 11.9 Å². The Balaban J connectivity index is 1.84. The molecule has 2 amide bonds. The molecule has 0 spiro atoms. The molecule has 1 aliphatic heterocycles. The number of nitrogens with one attached hydrogen (secondary N) is 2. The van der Waals surface area contributed by atoms with Gasteiger partial charge in [-0.15, -0.1) is 0 Å². The Morgan fingerprint density at radius 3 is 2.71 bits per heavy atom. The van der Waals surface area contributed by atoms with E-state index in [0.29, 0.717) is 5.56 Å². The Labute approximate surface area is 128 Å². The van der Waals surface area contributed by atoms with Crippen LogP contribution in [0.2, 0.25) is 0 Å². The first-order valence-corrected chi connectivity index (χ1v) is 8.22. The Kier molecular flexibility index (Phi) is 5.92. The minimum atomic E-state index is -0.935. The predicted octanol–water partition coefficient (Wildman–Crippen LogP) is 2.05. The molecule has 0 bridgehead atoms. The fourth-order valence-corrected chi connectivity index (χ4v) is 3.39. The number of hydrogen-bond donors (Lipinski definition) is 3. The van der Waals surface area contributed by atoms with Crippen LogP contribution in [0.4, 0.5) is 4.79 Å². The van der Waals surface area contributed by atoms with Gasteiger partial charge in [0, 0.05) is 18.3 Å². The second-order valence-corrected chi connectivity index (χ2v) is 6.22. The number of urea groups is 1. The monoisotopic (exact) mass is 308 g/mol. The van der Waals surface area contributed by atoms with Crippen molar-refractivity contribution < 1.29 is 14.7 Å². The molecule has 0 aromatic heterocycles. The molecule has 0 saturated carbocycles. The summed E-state index contributed by atoms with van der Waals surface area (Å²) in [5, 5.41) is 14.9. The first-order chi connectivity index (χ1) is 10.2. The summed E-state index contributed by atoms with van der Waals surface area (Å²) >= 11 is 1.83. The number of rotatable bonds is 5.